The van der Waals surface area contributed by atoms with Crippen molar-refractivity contribution in [1.82, 2.24) is 0 Å². The van der Waals surface area contributed by atoms with Gasteiger partial charge in [0.25, 0.3) is 0 Å². The van der Waals surface area contributed by atoms with E-state index in [1.54, 1.807) is 0 Å². The molecule has 1 heterocycles. The Kier molecular flexibility index (Phi) is 2.45. The van der Waals surface area contributed by atoms with Crippen molar-refractivity contribution in [3.05, 3.63) is 0 Å². The molecule has 0 radical (unpaired) electrons. The number of hydrogen-bond donors (Lipinski definition) is 0. The maximum Gasteiger partial charge on any atom is 0.00501 e. The van der Waals surface area contributed by atoms with Crippen molar-refractivity contribution >= 4 is 11.8 Å². The molecule has 0 bridgehead atoms. The van der Waals surface area contributed by atoms with Gasteiger partial charge in [0.05, 0.1) is 0 Å². The molecule has 2 unspecified atom stereocenters. The van der Waals surface area contributed by atoms with E-state index in [-0.39, 0.29) is 0 Å². The van der Waals surface area contributed by atoms with Gasteiger partial charge in [0.1, 0.15) is 0 Å². The average Bonchev–Trinajstić information content (AvgIpc) is 2.13. The lowest BCUT2D eigenvalue weighted by molar-refractivity contribution is 0.547. The van der Waals surface area contributed by atoms with Crippen LogP contribution in [0.4, 0.5) is 0 Å². The average molecular weight is 144 g/mol. The Morgan fingerprint density at radius 2 is 2.11 bits per heavy atom. The van der Waals surface area contributed by atoms with Crippen molar-refractivity contribution in [3.8, 4) is 0 Å². The summed E-state index contributed by atoms with van der Waals surface area (Å²) >= 11 is 2.17. The topological polar surface area (TPSA) is 0 Å². The largest absolute Gasteiger partial charge is 0.155 e. The Balaban J connectivity index is 2.35. The van der Waals surface area contributed by atoms with Gasteiger partial charge in [-0.25, -0.2) is 0 Å². The van der Waals surface area contributed by atoms with Gasteiger partial charge in [-0.05, 0) is 18.8 Å². The second kappa shape index (κ2) is 2.96. The quantitative estimate of drug-likeness (QED) is 0.545. The minimum absolute atomic E-state index is 0.912. The van der Waals surface area contributed by atoms with Crippen LogP contribution in [0.2, 0.25) is 0 Å². The molecule has 0 aromatic rings. The first-order valence-electron chi connectivity index (χ1n) is 3.89. The fraction of sp³-hybridized carbons (Fsp3) is 1.00. The minimum Gasteiger partial charge on any atom is -0.155 e. The fourth-order valence-corrected chi connectivity index (χ4v) is 2.96. The van der Waals surface area contributed by atoms with Gasteiger partial charge in [-0.15, -0.1) is 0 Å². The Hall–Kier alpha value is 0.350. The van der Waals surface area contributed by atoms with Crippen LogP contribution in [0.5, 0.6) is 0 Å². The summed E-state index contributed by atoms with van der Waals surface area (Å²) in [5.41, 5.74) is 0. The second-order valence-corrected chi connectivity index (χ2v) is 4.77. The number of rotatable bonds is 1. The van der Waals surface area contributed by atoms with E-state index in [9.17, 15) is 0 Å². The van der Waals surface area contributed by atoms with E-state index in [4.69, 9.17) is 0 Å². The Labute approximate surface area is 62.4 Å². The Morgan fingerprint density at radius 3 is 2.33 bits per heavy atom. The van der Waals surface area contributed by atoms with Gasteiger partial charge in [-0.1, -0.05) is 20.8 Å². The van der Waals surface area contributed by atoms with Gasteiger partial charge in [0.2, 0.25) is 0 Å². The molecule has 1 aliphatic rings. The van der Waals surface area contributed by atoms with Gasteiger partial charge in [0, 0.05) is 10.5 Å². The highest BCUT2D eigenvalue weighted by atomic mass is 32.2. The molecule has 1 fully saturated rings. The summed E-state index contributed by atoms with van der Waals surface area (Å²) in [6.45, 7) is 7.01. The molecule has 0 N–H and O–H groups in total. The predicted molar refractivity (Wildman–Crippen MR) is 44.9 cm³/mol. The first-order chi connectivity index (χ1) is 4.24. The van der Waals surface area contributed by atoms with Crippen LogP contribution in [0.15, 0.2) is 0 Å². The molecule has 1 aliphatic heterocycles. The molecule has 1 heteroatoms. The zero-order chi connectivity index (χ0) is 6.85. The van der Waals surface area contributed by atoms with Crippen molar-refractivity contribution < 1.29 is 0 Å². The van der Waals surface area contributed by atoms with Crippen molar-refractivity contribution in [2.24, 2.45) is 5.92 Å². The molecule has 0 nitrogen and oxygen atoms in total. The highest BCUT2D eigenvalue weighted by Crippen LogP contribution is 2.39. The molecule has 1 saturated heterocycles. The number of hydrogen-bond acceptors (Lipinski definition) is 1. The normalized spacial score (nSPS) is 43.7. The van der Waals surface area contributed by atoms with Crippen molar-refractivity contribution in [2.45, 2.75) is 44.1 Å². The summed E-state index contributed by atoms with van der Waals surface area (Å²) in [4.78, 5) is 0. The molecular weight excluding hydrogens is 128 g/mol. The SMILES string of the molecule is CC[C@@H]1CC(C)C(C)S1. The molecule has 0 aromatic carbocycles. The monoisotopic (exact) mass is 144 g/mol. The maximum atomic E-state index is 2.37. The molecule has 1 rings (SSSR count). The Bertz CT molecular complexity index is 80.6. The van der Waals surface area contributed by atoms with Crippen LogP contribution in [0.25, 0.3) is 0 Å². The first kappa shape index (κ1) is 7.46. The lowest BCUT2D eigenvalue weighted by Gasteiger charge is -2.04. The fourth-order valence-electron chi connectivity index (χ4n) is 1.36. The smallest absolute Gasteiger partial charge is 0.00501 e. The van der Waals surface area contributed by atoms with E-state index < -0.39 is 0 Å². The molecule has 0 aliphatic carbocycles. The Morgan fingerprint density at radius 1 is 1.44 bits per heavy atom. The first-order valence-corrected chi connectivity index (χ1v) is 4.83. The molecule has 54 valence electrons. The van der Waals surface area contributed by atoms with E-state index in [0.29, 0.717) is 0 Å². The number of thioether (sulfide) groups is 1. The molecule has 0 aromatic heterocycles. The third-order valence-corrected chi connectivity index (χ3v) is 4.10. The van der Waals surface area contributed by atoms with E-state index in [1.807, 2.05) is 0 Å². The summed E-state index contributed by atoms with van der Waals surface area (Å²) in [6, 6.07) is 0. The third-order valence-electron chi connectivity index (χ3n) is 2.30. The lowest BCUT2D eigenvalue weighted by Crippen LogP contribution is -2.00. The van der Waals surface area contributed by atoms with E-state index >= 15 is 0 Å². The van der Waals surface area contributed by atoms with Crippen LogP contribution < -0.4 is 0 Å². The summed E-state index contributed by atoms with van der Waals surface area (Å²) in [5.74, 6) is 0.958. The third kappa shape index (κ3) is 1.64. The maximum absolute atomic E-state index is 2.37. The van der Waals surface area contributed by atoms with Gasteiger partial charge >= 0.3 is 0 Å². The predicted octanol–water partition coefficient (Wildman–Crippen LogP) is 2.93. The standard InChI is InChI=1S/C8H16S/c1-4-8-5-6(2)7(3)9-8/h6-8H,4-5H2,1-3H3/t6?,7?,8-/m1/s1. The van der Waals surface area contributed by atoms with Crippen LogP contribution in [-0.2, 0) is 0 Å². The molecule has 0 amide bonds. The van der Waals surface area contributed by atoms with Crippen molar-refractivity contribution in [2.75, 3.05) is 0 Å². The molecule has 3 atom stereocenters. The van der Waals surface area contributed by atoms with Crippen LogP contribution in [0.1, 0.15) is 33.6 Å². The van der Waals surface area contributed by atoms with Crippen molar-refractivity contribution in [1.29, 1.82) is 0 Å². The molecule has 9 heavy (non-hydrogen) atoms. The minimum atomic E-state index is 0.912. The van der Waals surface area contributed by atoms with E-state index in [0.717, 1.165) is 16.4 Å². The summed E-state index contributed by atoms with van der Waals surface area (Å²) in [7, 11) is 0. The highest BCUT2D eigenvalue weighted by molar-refractivity contribution is 8.00. The zero-order valence-corrected chi connectivity index (χ0v) is 7.37. The molecular formula is C8H16S. The summed E-state index contributed by atoms with van der Waals surface area (Å²) in [5, 5.41) is 1.88. The molecule has 0 saturated carbocycles. The highest BCUT2D eigenvalue weighted by Gasteiger charge is 2.26. The van der Waals surface area contributed by atoms with Crippen molar-refractivity contribution in [3.63, 3.8) is 0 Å². The van der Waals surface area contributed by atoms with Crippen LogP contribution in [-0.4, -0.2) is 10.5 Å². The van der Waals surface area contributed by atoms with E-state index in [2.05, 4.69) is 32.5 Å². The van der Waals surface area contributed by atoms with E-state index in [1.165, 1.54) is 12.8 Å². The van der Waals surface area contributed by atoms with Gasteiger partial charge < -0.3 is 0 Å². The summed E-state index contributed by atoms with van der Waals surface area (Å²) in [6.07, 6.45) is 2.81. The van der Waals surface area contributed by atoms with Gasteiger partial charge in [-0.2, -0.15) is 11.8 Å². The van der Waals surface area contributed by atoms with Crippen LogP contribution in [0.3, 0.4) is 0 Å². The zero-order valence-electron chi connectivity index (χ0n) is 6.55. The second-order valence-electron chi connectivity index (χ2n) is 3.08. The van der Waals surface area contributed by atoms with Gasteiger partial charge in [0.15, 0.2) is 0 Å². The van der Waals surface area contributed by atoms with Gasteiger partial charge in [-0.3, -0.25) is 0 Å². The molecule has 0 spiro atoms. The van der Waals surface area contributed by atoms with Crippen LogP contribution >= 0.6 is 11.8 Å². The van der Waals surface area contributed by atoms with Crippen LogP contribution in [0, 0.1) is 5.92 Å². The lowest BCUT2D eigenvalue weighted by atomic mass is 10.0. The summed E-state index contributed by atoms with van der Waals surface area (Å²) < 4.78 is 0.